The van der Waals surface area contributed by atoms with E-state index < -0.39 is 29.3 Å². The van der Waals surface area contributed by atoms with Crippen LogP contribution in [0.1, 0.15) is 35.1 Å². The Morgan fingerprint density at radius 3 is 2.50 bits per heavy atom. The first-order valence-electron chi connectivity index (χ1n) is 11.6. The van der Waals surface area contributed by atoms with E-state index in [-0.39, 0.29) is 37.1 Å². The minimum atomic E-state index is -1.35. The van der Waals surface area contributed by atoms with Gasteiger partial charge in [0, 0.05) is 30.3 Å². The maximum Gasteiger partial charge on any atom is 0.250 e. The van der Waals surface area contributed by atoms with Gasteiger partial charge in [0.25, 0.3) is 0 Å². The number of primary amides is 1. The molecule has 0 radical (unpaired) electrons. The third-order valence-electron chi connectivity index (χ3n) is 7.68. The molecule has 2 saturated heterocycles. The fraction of sp³-hybridized carbons (Fsp3) is 0.385. The van der Waals surface area contributed by atoms with Crippen LogP contribution < -0.4 is 16.4 Å². The number of nitrogens with two attached hydrogens (primary N) is 1. The highest BCUT2D eigenvalue weighted by molar-refractivity contribution is 6.15. The van der Waals surface area contributed by atoms with E-state index in [4.69, 9.17) is 5.73 Å². The Balaban J connectivity index is 1.55. The number of amides is 4. The second-order valence-corrected chi connectivity index (χ2v) is 9.52. The lowest BCUT2D eigenvalue weighted by molar-refractivity contribution is -0.142. The molecule has 8 heteroatoms. The van der Waals surface area contributed by atoms with E-state index in [0.29, 0.717) is 17.7 Å². The van der Waals surface area contributed by atoms with Crippen molar-refractivity contribution in [3.63, 3.8) is 0 Å². The molecule has 4 N–H and O–H groups in total. The zero-order valence-corrected chi connectivity index (χ0v) is 19.3. The quantitative estimate of drug-likeness (QED) is 0.565. The van der Waals surface area contributed by atoms with Crippen LogP contribution in [0.25, 0.3) is 0 Å². The summed E-state index contributed by atoms with van der Waals surface area (Å²) >= 11 is 0. The molecule has 0 saturated carbocycles. The number of aryl methyl sites for hydroxylation is 1. The number of carbonyl (C=O) groups excluding carboxylic acids is 4. The second kappa shape index (κ2) is 8.06. The Morgan fingerprint density at radius 1 is 1.06 bits per heavy atom. The number of nitrogens with one attached hydrogen (secondary N) is 2. The van der Waals surface area contributed by atoms with Gasteiger partial charge in [-0.1, -0.05) is 42.5 Å². The number of benzene rings is 2. The molecule has 0 bridgehead atoms. The summed E-state index contributed by atoms with van der Waals surface area (Å²) in [4.78, 5) is 53.7. The molecule has 3 aliphatic heterocycles. The highest BCUT2D eigenvalue weighted by Gasteiger charge is 2.70. The highest BCUT2D eigenvalue weighted by atomic mass is 16.2. The van der Waals surface area contributed by atoms with Gasteiger partial charge in [-0.05, 0) is 43.4 Å². The van der Waals surface area contributed by atoms with Crippen LogP contribution in [0.15, 0.2) is 42.5 Å². The summed E-state index contributed by atoms with van der Waals surface area (Å²) in [5, 5.41) is 6.31. The zero-order valence-electron chi connectivity index (χ0n) is 19.3. The summed E-state index contributed by atoms with van der Waals surface area (Å²) in [6.07, 6.45) is 0.867. The number of imide groups is 1. The van der Waals surface area contributed by atoms with Crippen molar-refractivity contribution in [3.8, 4) is 0 Å². The van der Waals surface area contributed by atoms with Crippen molar-refractivity contribution in [1.82, 2.24) is 10.2 Å². The molecular weight excluding hydrogens is 432 g/mol. The molecule has 0 aliphatic carbocycles. The van der Waals surface area contributed by atoms with E-state index in [1.54, 1.807) is 0 Å². The maximum absolute atomic E-state index is 13.8. The molecule has 2 aromatic rings. The average Bonchev–Trinajstić information content (AvgIpc) is 3.39. The standard InChI is InChI=1S/C26H28N4O4/c1-14-8-9-17-22(15(14)2)28-25(34)26(17)21-20(18(29-26)10-11-19(27)31)23(32)30(24(21)33)13-12-16-6-4-3-5-7-16/h3-9,18,20-21,29H,10-13H2,1-2H3,(H2,27,31)(H,28,34)/t18-,20-,21-,26+/m1/s1. The topological polar surface area (TPSA) is 122 Å². The molecule has 176 valence electrons. The molecule has 4 atom stereocenters. The number of anilines is 1. The number of nitrogens with zero attached hydrogens (tertiary/aromatic N) is 1. The van der Waals surface area contributed by atoms with Crippen LogP contribution in [-0.4, -0.2) is 41.1 Å². The summed E-state index contributed by atoms with van der Waals surface area (Å²) in [6.45, 7) is 4.13. The Morgan fingerprint density at radius 2 is 1.79 bits per heavy atom. The molecular formula is C26H28N4O4. The van der Waals surface area contributed by atoms with Gasteiger partial charge in [-0.2, -0.15) is 0 Å². The first kappa shape index (κ1) is 22.3. The summed E-state index contributed by atoms with van der Waals surface area (Å²) in [7, 11) is 0. The number of carbonyl (C=O) groups is 4. The lowest BCUT2D eigenvalue weighted by Crippen LogP contribution is -2.53. The fourth-order valence-electron chi connectivity index (χ4n) is 5.83. The number of fused-ring (bicyclic) bond motifs is 4. The fourth-order valence-corrected chi connectivity index (χ4v) is 5.83. The molecule has 34 heavy (non-hydrogen) atoms. The van der Waals surface area contributed by atoms with Crippen molar-refractivity contribution < 1.29 is 19.2 Å². The van der Waals surface area contributed by atoms with E-state index >= 15 is 0 Å². The van der Waals surface area contributed by atoms with Crippen molar-refractivity contribution in [1.29, 1.82) is 0 Å². The number of rotatable bonds is 6. The van der Waals surface area contributed by atoms with Crippen LogP contribution in [0.5, 0.6) is 0 Å². The SMILES string of the molecule is Cc1ccc2c(c1C)NC(=O)[C@]21N[C@H](CCC(N)=O)[C@H]2C(=O)N(CCc3ccccc3)C(=O)[C@@H]21. The van der Waals surface area contributed by atoms with Gasteiger partial charge in [0.05, 0.1) is 11.8 Å². The first-order valence-corrected chi connectivity index (χ1v) is 11.6. The summed E-state index contributed by atoms with van der Waals surface area (Å²) in [5.41, 5.74) is 8.38. The smallest absolute Gasteiger partial charge is 0.250 e. The van der Waals surface area contributed by atoms with E-state index in [1.807, 2.05) is 56.3 Å². The van der Waals surface area contributed by atoms with Crippen molar-refractivity contribution in [2.24, 2.45) is 17.6 Å². The van der Waals surface area contributed by atoms with Gasteiger partial charge in [-0.15, -0.1) is 0 Å². The van der Waals surface area contributed by atoms with Crippen LogP contribution in [-0.2, 0) is 31.1 Å². The van der Waals surface area contributed by atoms with Gasteiger partial charge in [0.15, 0.2) is 0 Å². The minimum absolute atomic E-state index is 0.0594. The summed E-state index contributed by atoms with van der Waals surface area (Å²) in [6, 6.07) is 12.9. The second-order valence-electron chi connectivity index (χ2n) is 9.52. The van der Waals surface area contributed by atoms with Crippen molar-refractivity contribution in [2.75, 3.05) is 11.9 Å². The maximum atomic E-state index is 13.8. The molecule has 4 amide bonds. The van der Waals surface area contributed by atoms with Gasteiger partial charge >= 0.3 is 0 Å². The Hall–Kier alpha value is -3.52. The Kier molecular flexibility index (Phi) is 5.28. The molecule has 3 heterocycles. The predicted octanol–water partition coefficient (Wildman–Crippen LogP) is 1.53. The number of hydrogen-bond acceptors (Lipinski definition) is 5. The predicted molar refractivity (Wildman–Crippen MR) is 125 cm³/mol. The lowest BCUT2D eigenvalue weighted by Gasteiger charge is -2.29. The summed E-state index contributed by atoms with van der Waals surface area (Å²) < 4.78 is 0. The molecule has 0 unspecified atom stereocenters. The number of likely N-dealkylation sites (tertiary alicyclic amines) is 1. The third-order valence-corrected chi connectivity index (χ3v) is 7.68. The van der Waals surface area contributed by atoms with Crippen LogP contribution in [0.4, 0.5) is 5.69 Å². The number of hydrogen-bond donors (Lipinski definition) is 3. The van der Waals surface area contributed by atoms with Crippen LogP contribution in [0.2, 0.25) is 0 Å². The molecule has 8 nitrogen and oxygen atoms in total. The molecule has 2 aromatic carbocycles. The molecule has 2 fully saturated rings. The van der Waals surface area contributed by atoms with Gasteiger partial charge in [-0.25, -0.2) is 0 Å². The average molecular weight is 461 g/mol. The van der Waals surface area contributed by atoms with Crippen molar-refractivity contribution >= 4 is 29.3 Å². The van der Waals surface area contributed by atoms with E-state index in [2.05, 4.69) is 10.6 Å². The Labute approximate surface area is 197 Å². The van der Waals surface area contributed by atoms with Gasteiger partial charge < -0.3 is 11.1 Å². The minimum Gasteiger partial charge on any atom is -0.370 e. The molecule has 3 aliphatic rings. The van der Waals surface area contributed by atoms with Crippen LogP contribution in [0, 0.1) is 25.7 Å². The largest absolute Gasteiger partial charge is 0.370 e. The van der Waals surface area contributed by atoms with Gasteiger partial charge in [-0.3, -0.25) is 29.4 Å². The van der Waals surface area contributed by atoms with Crippen LogP contribution >= 0.6 is 0 Å². The lowest BCUT2D eigenvalue weighted by atomic mass is 9.76. The van der Waals surface area contributed by atoms with E-state index in [1.165, 1.54) is 4.90 Å². The monoisotopic (exact) mass is 460 g/mol. The summed E-state index contributed by atoms with van der Waals surface area (Å²) in [5.74, 6) is -3.08. The van der Waals surface area contributed by atoms with E-state index in [9.17, 15) is 19.2 Å². The van der Waals surface area contributed by atoms with E-state index in [0.717, 1.165) is 16.7 Å². The normalized spacial score (nSPS) is 27.3. The highest BCUT2D eigenvalue weighted by Crippen LogP contribution is 2.54. The Bertz CT molecular complexity index is 1210. The van der Waals surface area contributed by atoms with Crippen LogP contribution in [0.3, 0.4) is 0 Å². The van der Waals surface area contributed by atoms with Gasteiger partial charge in [0.2, 0.25) is 23.6 Å². The zero-order chi connectivity index (χ0) is 24.2. The van der Waals surface area contributed by atoms with Crippen molar-refractivity contribution in [2.45, 2.75) is 44.7 Å². The third kappa shape index (κ3) is 3.16. The van der Waals surface area contributed by atoms with Gasteiger partial charge in [0.1, 0.15) is 5.54 Å². The molecule has 1 spiro atoms. The first-order chi connectivity index (χ1) is 16.3. The molecule has 5 rings (SSSR count). The van der Waals surface area contributed by atoms with Crippen molar-refractivity contribution in [3.05, 3.63) is 64.7 Å². The molecule has 0 aromatic heterocycles.